The molecule has 0 fully saturated rings. The van der Waals surface area contributed by atoms with Crippen LogP contribution in [-0.4, -0.2) is 15.6 Å². The molecular formula is C32H24N4. The van der Waals surface area contributed by atoms with E-state index in [2.05, 4.69) is 120 Å². The third kappa shape index (κ3) is 3.03. The Balaban J connectivity index is 1.43. The summed E-state index contributed by atoms with van der Waals surface area (Å²) in [6, 6.07) is 24.0. The van der Waals surface area contributed by atoms with Gasteiger partial charge in [0.1, 0.15) is 11.6 Å². The van der Waals surface area contributed by atoms with Crippen molar-refractivity contribution in [2.45, 2.75) is 19.4 Å². The average molecular weight is 465 g/mol. The molecule has 2 atom stereocenters. The summed E-state index contributed by atoms with van der Waals surface area (Å²) in [6.45, 7) is 2.14. The molecule has 36 heavy (non-hydrogen) atoms. The summed E-state index contributed by atoms with van der Waals surface area (Å²) in [7, 11) is 0. The van der Waals surface area contributed by atoms with Crippen molar-refractivity contribution in [3.8, 4) is 11.9 Å². The minimum Gasteiger partial charge on any atom is -0.322 e. The smallest absolute Gasteiger partial charge is 0.140 e. The largest absolute Gasteiger partial charge is 0.322 e. The van der Waals surface area contributed by atoms with E-state index in [1.54, 1.807) is 0 Å². The summed E-state index contributed by atoms with van der Waals surface area (Å²) in [5, 5.41) is 12.1. The summed E-state index contributed by atoms with van der Waals surface area (Å²) < 4.78 is 2.27. The van der Waals surface area contributed by atoms with Crippen LogP contribution in [0.5, 0.6) is 0 Å². The van der Waals surface area contributed by atoms with Gasteiger partial charge in [0.15, 0.2) is 0 Å². The first-order valence-electron chi connectivity index (χ1n) is 12.4. The zero-order chi connectivity index (χ0) is 24.2. The van der Waals surface area contributed by atoms with E-state index in [-0.39, 0.29) is 12.0 Å². The molecule has 0 radical (unpaired) electrons. The molecule has 0 amide bonds. The summed E-state index contributed by atoms with van der Waals surface area (Å²) in [5.41, 5.74) is 6.68. The second kappa shape index (κ2) is 7.96. The number of rotatable bonds is 2. The van der Waals surface area contributed by atoms with E-state index in [4.69, 9.17) is 4.98 Å². The lowest BCUT2D eigenvalue weighted by Gasteiger charge is -2.30. The lowest BCUT2D eigenvalue weighted by molar-refractivity contribution is 0.675. The first-order valence-corrected chi connectivity index (χ1v) is 12.4. The Morgan fingerprint density at radius 3 is 2.67 bits per heavy atom. The van der Waals surface area contributed by atoms with Crippen molar-refractivity contribution in [3.05, 3.63) is 126 Å². The van der Waals surface area contributed by atoms with Gasteiger partial charge in [0.25, 0.3) is 0 Å². The minimum absolute atomic E-state index is 0.145. The highest BCUT2D eigenvalue weighted by molar-refractivity contribution is 6.09. The van der Waals surface area contributed by atoms with Gasteiger partial charge in [-0.25, -0.2) is 4.98 Å². The standard InChI is InChI=1S/C32H24N4/c1-21-16-17-30-25(18-21)23-9-2-4-11-27(23)36(30)32-15-7-14-31(34-32)35-28-12-5-3-10-24(28)26-19-22(20-33)8-6-13-29(26)35/h2-12,14-19,24,28H,13H2,1H3. The monoisotopic (exact) mass is 464 g/mol. The highest BCUT2D eigenvalue weighted by Crippen LogP contribution is 2.44. The van der Waals surface area contributed by atoms with Gasteiger partial charge >= 0.3 is 0 Å². The normalized spacial score (nSPS) is 20.4. The molecule has 7 rings (SSSR count). The Bertz CT molecular complexity index is 1750. The topological polar surface area (TPSA) is 44.9 Å². The molecule has 0 saturated heterocycles. The fourth-order valence-electron chi connectivity index (χ4n) is 5.91. The number of nitriles is 1. The molecule has 172 valence electrons. The first-order chi connectivity index (χ1) is 17.7. The van der Waals surface area contributed by atoms with Gasteiger partial charge in [0.05, 0.1) is 28.7 Å². The number of aryl methyl sites for hydroxylation is 1. The van der Waals surface area contributed by atoms with Gasteiger partial charge in [-0.2, -0.15) is 5.26 Å². The van der Waals surface area contributed by atoms with E-state index in [1.165, 1.54) is 27.6 Å². The zero-order valence-electron chi connectivity index (χ0n) is 20.0. The van der Waals surface area contributed by atoms with Crippen molar-refractivity contribution in [1.29, 1.82) is 5.26 Å². The Labute approximate surface area is 210 Å². The van der Waals surface area contributed by atoms with Gasteiger partial charge in [0, 0.05) is 28.8 Å². The number of allylic oxidation sites excluding steroid dienone is 6. The van der Waals surface area contributed by atoms with Crippen LogP contribution in [0.3, 0.4) is 0 Å². The maximum Gasteiger partial charge on any atom is 0.140 e. The van der Waals surface area contributed by atoms with Gasteiger partial charge in [-0.1, -0.05) is 66.3 Å². The second-order valence-corrected chi connectivity index (χ2v) is 9.60. The van der Waals surface area contributed by atoms with Crippen molar-refractivity contribution < 1.29 is 0 Å². The number of nitrogens with zero attached hydrogens (tertiary/aromatic N) is 4. The lowest BCUT2D eigenvalue weighted by Crippen LogP contribution is -2.33. The third-order valence-electron chi connectivity index (χ3n) is 7.46. The number of aromatic nitrogens is 2. The summed E-state index contributed by atoms with van der Waals surface area (Å²) in [4.78, 5) is 7.62. The molecule has 2 aromatic heterocycles. The summed E-state index contributed by atoms with van der Waals surface area (Å²) >= 11 is 0. The van der Waals surface area contributed by atoms with Crippen molar-refractivity contribution in [2.24, 2.45) is 5.92 Å². The number of fused-ring (bicyclic) bond motifs is 5. The highest BCUT2D eigenvalue weighted by atomic mass is 15.3. The van der Waals surface area contributed by atoms with Crippen LogP contribution in [0.2, 0.25) is 0 Å². The van der Waals surface area contributed by atoms with E-state index >= 15 is 0 Å². The Kier molecular flexibility index (Phi) is 4.59. The first kappa shape index (κ1) is 20.7. The fourth-order valence-corrected chi connectivity index (χ4v) is 5.91. The summed E-state index contributed by atoms with van der Waals surface area (Å²) in [6.07, 6.45) is 15.6. The number of hydrogen-bond acceptors (Lipinski definition) is 3. The molecule has 4 aromatic rings. The van der Waals surface area contributed by atoms with Gasteiger partial charge in [-0.15, -0.1) is 0 Å². The Morgan fingerprint density at radius 1 is 0.917 bits per heavy atom. The van der Waals surface area contributed by atoms with Gasteiger partial charge in [-0.05, 0) is 55.0 Å². The third-order valence-corrected chi connectivity index (χ3v) is 7.46. The number of para-hydroxylation sites is 1. The molecule has 3 aliphatic rings. The number of benzene rings is 2. The molecule has 3 heterocycles. The second-order valence-electron chi connectivity index (χ2n) is 9.60. The predicted molar refractivity (Wildman–Crippen MR) is 146 cm³/mol. The van der Waals surface area contributed by atoms with Crippen molar-refractivity contribution in [2.75, 3.05) is 4.90 Å². The molecule has 2 unspecified atom stereocenters. The molecule has 2 aliphatic carbocycles. The number of hydrogen-bond donors (Lipinski definition) is 0. The number of anilines is 1. The van der Waals surface area contributed by atoms with E-state index in [1.807, 2.05) is 6.08 Å². The summed E-state index contributed by atoms with van der Waals surface area (Å²) in [5.74, 6) is 2.03. The van der Waals surface area contributed by atoms with Crippen molar-refractivity contribution >= 4 is 27.6 Å². The minimum atomic E-state index is 0.145. The highest BCUT2D eigenvalue weighted by Gasteiger charge is 2.39. The number of pyridine rings is 1. The van der Waals surface area contributed by atoms with Crippen LogP contribution in [0.25, 0.3) is 27.6 Å². The predicted octanol–water partition coefficient (Wildman–Crippen LogP) is 7.08. The van der Waals surface area contributed by atoms with E-state index in [9.17, 15) is 5.26 Å². The molecule has 4 nitrogen and oxygen atoms in total. The molecule has 0 spiro atoms. The molecule has 0 N–H and O–H groups in total. The van der Waals surface area contributed by atoms with Crippen LogP contribution in [0.1, 0.15) is 12.0 Å². The van der Waals surface area contributed by atoms with Gasteiger partial charge < -0.3 is 4.90 Å². The molecule has 4 heteroatoms. The van der Waals surface area contributed by atoms with Crippen molar-refractivity contribution in [3.63, 3.8) is 0 Å². The molecule has 1 aliphatic heterocycles. The molecule has 0 bridgehead atoms. The average Bonchev–Trinajstić information content (AvgIpc) is 3.30. The van der Waals surface area contributed by atoms with E-state index in [0.717, 1.165) is 29.1 Å². The maximum absolute atomic E-state index is 9.59. The van der Waals surface area contributed by atoms with E-state index < -0.39 is 0 Å². The van der Waals surface area contributed by atoms with Crippen LogP contribution >= 0.6 is 0 Å². The van der Waals surface area contributed by atoms with E-state index in [0.29, 0.717) is 5.57 Å². The fraction of sp³-hybridized carbons (Fsp3) is 0.125. The quantitative estimate of drug-likeness (QED) is 0.318. The Hall–Kier alpha value is -4.62. The lowest BCUT2D eigenvalue weighted by atomic mass is 9.89. The van der Waals surface area contributed by atoms with Crippen LogP contribution in [0, 0.1) is 24.2 Å². The van der Waals surface area contributed by atoms with Crippen LogP contribution in [0.4, 0.5) is 5.82 Å². The van der Waals surface area contributed by atoms with Crippen LogP contribution in [-0.2, 0) is 0 Å². The SMILES string of the molecule is Cc1ccc2c(c1)c1ccccc1n2-c1cccc(N2C3=C(C=C(C#N)C=CC3)C3C=CC=CC32)n1. The molecular weight excluding hydrogens is 440 g/mol. The van der Waals surface area contributed by atoms with Gasteiger partial charge in [0.2, 0.25) is 0 Å². The maximum atomic E-state index is 9.59. The van der Waals surface area contributed by atoms with Crippen LogP contribution < -0.4 is 4.90 Å². The Morgan fingerprint density at radius 2 is 1.75 bits per heavy atom. The molecule has 0 saturated carbocycles. The van der Waals surface area contributed by atoms with Crippen LogP contribution in [0.15, 0.2) is 120 Å². The van der Waals surface area contributed by atoms with Gasteiger partial charge in [-0.3, -0.25) is 4.57 Å². The van der Waals surface area contributed by atoms with Crippen molar-refractivity contribution in [1.82, 2.24) is 9.55 Å². The molecule has 2 aromatic carbocycles. The zero-order valence-corrected chi connectivity index (χ0v) is 20.0.